The molecular weight excluding hydrogens is 426 g/mol. The summed E-state index contributed by atoms with van der Waals surface area (Å²) in [5.74, 6) is 0.491. The summed E-state index contributed by atoms with van der Waals surface area (Å²) in [4.78, 5) is 5.28. The first kappa shape index (κ1) is 19.1. The maximum absolute atomic E-state index is 9.96. The van der Waals surface area contributed by atoms with E-state index in [-0.39, 0.29) is 5.75 Å². The van der Waals surface area contributed by atoms with Crippen molar-refractivity contribution in [2.45, 2.75) is 0 Å². The summed E-state index contributed by atoms with van der Waals surface area (Å²) in [6.07, 6.45) is 3.42. The molecule has 3 aromatic rings. The van der Waals surface area contributed by atoms with E-state index in [0.29, 0.717) is 12.3 Å². The predicted octanol–water partition coefficient (Wildman–Crippen LogP) is 4.66. The summed E-state index contributed by atoms with van der Waals surface area (Å²) >= 11 is 5.10. The highest BCUT2D eigenvalue weighted by Gasteiger charge is 2.10. The number of thiazole rings is 1. The second-order valence-electron chi connectivity index (χ2n) is 5.50. The van der Waals surface area contributed by atoms with Crippen molar-refractivity contribution < 1.29 is 9.84 Å². The summed E-state index contributed by atoms with van der Waals surface area (Å²) in [5.41, 5.74) is 2.69. The molecular formula is C20H18BrN3O2S. The molecule has 0 aliphatic rings. The summed E-state index contributed by atoms with van der Waals surface area (Å²) in [6, 6.07) is 13.1. The van der Waals surface area contributed by atoms with E-state index in [2.05, 4.69) is 32.6 Å². The van der Waals surface area contributed by atoms with Crippen LogP contribution in [0.1, 0.15) is 5.56 Å². The average Bonchev–Trinajstić information content (AvgIpc) is 3.07. The van der Waals surface area contributed by atoms with Crippen molar-refractivity contribution in [3.63, 3.8) is 0 Å². The van der Waals surface area contributed by atoms with E-state index < -0.39 is 0 Å². The smallest absolute Gasteiger partial charge is 0.206 e. The highest BCUT2D eigenvalue weighted by Crippen LogP contribution is 2.28. The van der Waals surface area contributed by atoms with Gasteiger partial charge in [-0.25, -0.2) is 4.68 Å². The van der Waals surface area contributed by atoms with E-state index in [4.69, 9.17) is 4.74 Å². The summed E-state index contributed by atoms with van der Waals surface area (Å²) in [6.45, 7) is 4.23. The molecule has 138 valence electrons. The molecule has 27 heavy (non-hydrogen) atoms. The molecule has 0 radical (unpaired) electrons. The second-order valence-corrected chi connectivity index (χ2v) is 7.19. The Morgan fingerprint density at radius 1 is 1.30 bits per heavy atom. The first-order valence-corrected chi connectivity index (χ1v) is 9.79. The van der Waals surface area contributed by atoms with Crippen LogP contribution in [-0.4, -0.2) is 29.7 Å². The Morgan fingerprint density at radius 3 is 2.81 bits per heavy atom. The molecule has 0 saturated heterocycles. The molecule has 0 aliphatic heterocycles. The average molecular weight is 444 g/mol. The maximum Gasteiger partial charge on any atom is 0.206 e. The van der Waals surface area contributed by atoms with Crippen LogP contribution in [-0.2, 0) is 0 Å². The van der Waals surface area contributed by atoms with Gasteiger partial charge in [-0.3, -0.25) is 4.99 Å². The summed E-state index contributed by atoms with van der Waals surface area (Å²) < 4.78 is 7.84. The second kappa shape index (κ2) is 8.83. The van der Waals surface area contributed by atoms with Crippen molar-refractivity contribution in [2.75, 3.05) is 13.7 Å². The maximum atomic E-state index is 9.96. The minimum absolute atomic E-state index is 0.0689. The number of benzene rings is 2. The van der Waals surface area contributed by atoms with Crippen LogP contribution in [0.3, 0.4) is 0 Å². The van der Waals surface area contributed by atoms with Gasteiger partial charge in [0.2, 0.25) is 4.80 Å². The molecule has 5 nitrogen and oxygen atoms in total. The van der Waals surface area contributed by atoms with Crippen molar-refractivity contribution in [1.82, 2.24) is 4.68 Å². The van der Waals surface area contributed by atoms with Gasteiger partial charge in [0.05, 0.1) is 25.6 Å². The predicted molar refractivity (Wildman–Crippen MR) is 114 cm³/mol. The highest BCUT2D eigenvalue weighted by atomic mass is 79.9. The Balaban J connectivity index is 2.07. The molecule has 0 saturated carbocycles. The van der Waals surface area contributed by atoms with Crippen LogP contribution in [0.15, 0.2) is 75.1 Å². The fourth-order valence-corrected chi connectivity index (χ4v) is 3.75. The minimum atomic E-state index is 0.0689. The molecule has 0 amide bonds. The van der Waals surface area contributed by atoms with Gasteiger partial charge in [-0.15, -0.1) is 17.9 Å². The van der Waals surface area contributed by atoms with Crippen molar-refractivity contribution in [3.8, 4) is 22.8 Å². The van der Waals surface area contributed by atoms with Crippen LogP contribution in [0.5, 0.6) is 11.5 Å². The monoisotopic (exact) mass is 443 g/mol. The number of methoxy groups -OCH3 is 1. The van der Waals surface area contributed by atoms with E-state index >= 15 is 0 Å². The van der Waals surface area contributed by atoms with E-state index in [1.54, 1.807) is 29.1 Å². The lowest BCUT2D eigenvalue weighted by Crippen LogP contribution is -2.12. The third-order valence-corrected chi connectivity index (χ3v) is 5.26. The van der Waals surface area contributed by atoms with Gasteiger partial charge in [-0.1, -0.05) is 40.2 Å². The molecule has 0 atom stereocenters. The van der Waals surface area contributed by atoms with Gasteiger partial charge in [0.1, 0.15) is 0 Å². The molecule has 0 bridgehead atoms. The quantitative estimate of drug-likeness (QED) is 0.444. The zero-order valence-corrected chi connectivity index (χ0v) is 17.1. The Labute approximate surface area is 169 Å². The Hall–Kier alpha value is -2.64. The number of hydrogen-bond donors (Lipinski definition) is 1. The van der Waals surface area contributed by atoms with Crippen molar-refractivity contribution in [1.29, 1.82) is 0 Å². The van der Waals surface area contributed by atoms with Crippen molar-refractivity contribution in [3.05, 3.63) is 75.3 Å². The fourth-order valence-electron chi connectivity index (χ4n) is 2.43. The van der Waals surface area contributed by atoms with Gasteiger partial charge in [0, 0.05) is 15.4 Å². The van der Waals surface area contributed by atoms with Gasteiger partial charge in [0.25, 0.3) is 0 Å². The number of rotatable bonds is 6. The molecule has 0 aliphatic carbocycles. The van der Waals surface area contributed by atoms with Crippen LogP contribution in [0.2, 0.25) is 0 Å². The molecule has 0 unspecified atom stereocenters. The number of phenols is 1. The van der Waals surface area contributed by atoms with E-state index in [1.165, 1.54) is 18.4 Å². The summed E-state index contributed by atoms with van der Waals surface area (Å²) in [7, 11) is 1.52. The van der Waals surface area contributed by atoms with Crippen LogP contribution < -0.4 is 9.54 Å². The zero-order valence-electron chi connectivity index (χ0n) is 14.7. The van der Waals surface area contributed by atoms with Crippen molar-refractivity contribution in [2.24, 2.45) is 10.1 Å². The lowest BCUT2D eigenvalue weighted by molar-refractivity contribution is 0.373. The molecule has 1 heterocycles. The lowest BCUT2D eigenvalue weighted by atomic mass is 10.2. The third kappa shape index (κ3) is 4.37. The lowest BCUT2D eigenvalue weighted by Gasteiger charge is -2.06. The molecule has 1 aromatic heterocycles. The molecule has 3 rings (SSSR count). The van der Waals surface area contributed by atoms with Crippen LogP contribution in [0.4, 0.5) is 0 Å². The van der Waals surface area contributed by atoms with E-state index in [0.717, 1.165) is 26.1 Å². The molecule has 2 aromatic carbocycles. The van der Waals surface area contributed by atoms with Gasteiger partial charge >= 0.3 is 0 Å². The van der Waals surface area contributed by atoms with Gasteiger partial charge in [-0.05, 0) is 29.8 Å². The zero-order chi connectivity index (χ0) is 19.2. The number of aromatic hydroxyl groups is 1. The first-order valence-electron chi connectivity index (χ1n) is 8.12. The number of nitrogens with zero attached hydrogens (tertiary/aromatic N) is 3. The van der Waals surface area contributed by atoms with Crippen LogP contribution >= 0.6 is 27.3 Å². The Kier molecular flexibility index (Phi) is 6.26. The highest BCUT2D eigenvalue weighted by molar-refractivity contribution is 9.10. The number of halogens is 1. The summed E-state index contributed by atoms with van der Waals surface area (Å²) in [5, 5.41) is 16.6. The number of ether oxygens (including phenoxy) is 1. The standard InChI is InChI=1S/C20H18BrN3O2S/c1-3-10-22-20-24(17(13-27-20)15-6-4-5-7-16(15)21)23-12-14-8-9-19(26-2)18(25)11-14/h3-9,11-13,25H,1,10H2,2H3. The third-order valence-electron chi connectivity index (χ3n) is 3.72. The molecule has 0 fully saturated rings. The van der Waals surface area contributed by atoms with Crippen molar-refractivity contribution >= 4 is 33.5 Å². The topological polar surface area (TPSA) is 59.1 Å². The molecule has 7 heteroatoms. The molecule has 0 spiro atoms. The fraction of sp³-hybridized carbons (Fsp3) is 0.100. The first-order chi connectivity index (χ1) is 13.1. The van der Waals surface area contributed by atoms with Crippen LogP contribution in [0.25, 0.3) is 11.3 Å². The SMILES string of the molecule is C=CCN=c1scc(-c2ccccc2Br)n1N=Cc1ccc(OC)c(O)c1. The van der Waals surface area contributed by atoms with Gasteiger partial charge in [0.15, 0.2) is 11.5 Å². The normalized spacial score (nSPS) is 11.9. The number of hydrogen-bond acceptors (Lipinski definition) is 5. The Morgan fingerprint density at radius 2 is 2.11 bits per heavy atom. The van der Waals surface area contributed by atoms with E-state index in [1.807, 2.05) is 35.7 Å². The molecule has 1 N–H and O–H groups in total. The number of phenolic OH excluding ortho intramolecular Hbond substituents is 1. The van der Waals surface area contributed by atoms with Gasteiger partial charge in [-0.2, -0.15) is 5.10 Å². The largest absolute Gasteiger partial charge is 0.504 e. The minimum Gasteiger partial charge on any atom is -0.504 e. The van der Waals surface area contributed by atoms with Gasteiger partial charge < -0.3 is 9.84 Å². The van der Waals surface area contributed by atoms with Crippen LogP contribution in [0, 0.1) is 0 Å². The Bertz CT molecular complexity index is 1050. The van der Waals surface area contributed by atoms with E-state index in [9.17, 15) is 5.11 Å². The number of aromatic nitrogens is 1.